The summed E-state index contributed by atoms with van der Waals surface area (Å²) in [5.41, 5.74) is 1.71. The number of fused-ring (bicyclic) bond motifs is 1. The van der Waals surface area contributed by atoms with Crippen LogP contribution in [0.1, 0.15) is 23.2 Å². The highest BCUT2D eigenvalue weighted by Crippen LogP contribution is 2.31. The van der Waals surface area contributed by atoms with E-state index in [1.165, 1.54) is 11.3 Å². The van der Waals surface area contributed by atoms with E-state index in [-0.39, 0.29) is 30.6 Å². The van der Waals surface area contributed by atoms with Gasteiger partial charge < -0.3 is 0 Å². The maximum Gasteiger partial charge on any atom is 0.257 e. The Kier molecular flexibility index (Phi) is 4.29. The molecule has 1 aliphatic heterocycles. The Balaban J connectivity index is 1.53. The van der Waals surface area contributed by atoms with Crippen LogP contribution in [0.5, 0.6) is 0 Å². The molecule has 0 bridgehead atoms. The fraction of sp³-hybridized carbons (Fsp3) is 0.111. The molecular formula is C18H12BrN3O3S. The molecule has 8 heteroatoms. The number of nitrogens with zero attached hydrogens (tertiary/aromatic N) is 2. The standard InChI is InChI=1S/C18H12BrN3O3S/c19-12-2-1-3-13-16(12)20-18(26-13)21-17(25)10-4-6-11(7-5-10)22-14(23)8-9-15(22)24/h1-7H,8-9H2,(H,20,21,25). The maximum atomic E-state index is 12.4. The van der Waals surface area contributed by atoms with Crippen molar-refractivity contribution in [2.45, 2.75) is 12.8 Å². The summed E-state index contributed by atoms with van der Waals surface area (Å²) in [4.78, 5) is 41.6. The van der Waals surface area contributed by atoms with Crippen LogP contribution in [0.2, 0.25) is 0 Å². The summed E-state index contributed by atoms with van der Waals surface area (Å²) in [7, 11) is 0. The van der Waals surface area contributed by atoms with Crippen LogP contribution in [0.3, 0.4) is 0 Å². The lowest BCUT2D eigenvalue weighted by atomic mass is 10.2. The fourth-order valence-electron chi connectivity index (χ4n) is 2.76. The molecule has 1 aliphatic rings. The van der Waals surface area contributed by atoms with Crippen LogP contribution >= 0.6 is 27.3 Å². The number of nitrogens with one attached hydrogen (secondary N) is 1. The van der Waals surface area contributed by atoms with Crippen molar-refractivity contribution in [3.05, 3.63) is 52.5 Å². The first-order chi connectivity index (χ1) is 12.5. The molecule has 0 radical (unpaired) electrons. The average molecular weight is 430 g/mol. The Labute approximate surface area is 161 Å². The van der Waals surface area contributed by atoms with E-state index in [4.69, 9.17) is 0 Å². The Hall–Kier alpha value is -2.58. The number of benzene rings is 2. The molecule has 1 saturated heterocycles. The molecule has 26 heavy (non-hydrogen) atoms. The summed E-state index contributed by atoms with van der Waals surface area (Å²) in [6.45, 7) is 0. The van der Waals surface area contributed by atoms with E-state index in [0.29, 0.717) is 16.4 Å². The van der Waals surface area contributed by atoms with Crippen LogP contribution in [0.15, 0.2) is 46.9 Å². The molecule has 2 aromatic carbocycles. The van der Waals surface area contributed by atoms with E-state index in [0.717, 1.165) is 19.6 Å². The number of amides is 3. The number of carbonyl (C=O) groups excluding carboxylic acids is 3. The third-order valence-corrected chi connectivity index (χ3v) is 5.61. The van der Waals surface area contributed by atoms with Crippen LogP contribution < -0.4 is 10.2 Å². The van der Waals surface area contributed by atoms with Crippen molar-refractivity contribution in [3.8, 4) is 0 Å². The van der Waals surface area contributed by atoms with E-state index < -0.39 is 0 Å². The van der Waals surface area contributed by atoms with Crippen molar-refractivity contribution in [2.75, 3.05) is 10.2 Å². The summed E-state index contributed by atoms with van der Waals surface area (Å²) < 4.78 is 1.84. The summed E-state index contributed by atoms with van der Waals surface area (Å²) in [6.07, 6.45) is 0.461. The first kappa shape index (κ1) is 16.9. The second kappa shape index (κ2) is 6.62. The molecule has 0 spiro atoms. The highest BCUT2D eigenvalue weighted by molar-refractivity contribution is 9.10. The number of thiazole rings is 1. The Morgan fingerprint density at radius 1 is 1.08 bits per heavy atom. The highest BCUT2D eigenvalue weighted by Gasteiger charge is 2.30. The quantitative estimate of drug-likeness (QED) is 0.638. The van der Waals surface area contributed by atoms with Gasteiger partial charge in [-0.25, -0.2) is 4.98 Å². The van der Waals surface area contributed by atoms with E-state index in [1.807, 2.05) is 18.2 Å². The normalized spacial score (nSPS) is 14.3. The van der Waals surface area contributed by atoms with Crippen molar-refractivity contribution >= 4 is 66.0 Å². The predicted molar refractivity (Wildman–Crippen MR) is 103 cm³/mol. The van der Waals surface area contributed by atoms with Gasteiger partial charge >= 0.3 is 0 Å². The van der Waals surface area contributed by atoms with Gasteiger partial charge in [-0.15, -0.1) is 0 Å². The number of carbonyl (C=O) groups is 3. The number of para-hydroxylation sites is 1. The second-order valence-corrected chi connectivity index (χ2v) is 7.61. The number of hydrogen-bond acceptors (Lipinski definition) is 5. The SMILES string of the molecule is O=C(Nc1nc2c(Br)cccc2s1)c1ccc(N2C(=O)CCC2=O)cc1. The Morgan fingerprint density at radius 3 is 2.42 bits per heavy atom. The number of imide groups is 1. The molecule has 0 saturated carbocycles. The number of aromatic nitrogens is 1. The lowest BCUT2D eigenvalue weighted by molar-refractivity contribution is -0.121. The third-order valence-electron chi connectivity index (χ3n) is 4.03. The van der Waals surface area contributed by atoms with Gasteiger partial charge in [0.2, 0.25) is 11.8 Å². The van der Waals surface area contributed by atoms with Crippen LogP contribution in [0, 0.1) is 0 Å². The second-order valence-electron chi connectivity index (χ2n) is 5.73. The fourth-order valence-corrected chi connectivity index (χ4v) is 4.24. The number of anilines is 2. The first-order valence-electron chi connectivity index (χ1n) is 7.85. The van der Waals surface area contributed by atoms with Crippen molar-refractivity contribution in [2.24, 2.45) is 0 Å². The lowest BCUT2D eigenvalue weighted by Crippen LogP contribution is -2.28. The molecule has 3 amide bonds. The first-order valence-corrected chi connectivity index (χ1v) is 9.46. The molecule has 1 N–H and O–H groups in total. The number of rotatable bonds is 3. The van der Waals surface area contributed by atoms with Gasteiger partial charge in [0.25, 0.3) is 5.91 Å². The van der Waals surface area contributed by atoms with Gasteiger partial charge in [-0.05, 0) is 52.3 Å². The molecule has 0 atom stereocenters. The van der Waals surface area contributed by atoms with Gasteiger partial charge in [0.1, 0.15) is 0 Å². The van der Waals surface area contributed by atoms with Gasteiger partial charge in [0.15, 0.2) is 5.13 Å². The molecule has 1 fully saturated rings. The van der Waals surface area contributed by atoms with Gasteiger partial charge in [-0.3, -0.25) is 24.6 Å². The third kappa shape index (κ3) is 3.02. The van der Waals surface area contributed by atoms with E-state index >= 15 is 0 Å². The molecule has 4 rings (SSSR count). The minimum Gasteiger partial charge on any atom is -0.298 e. The molecule has 130 valence electrons. The molecule has 0 unspecified atom stereocenters. The van der Waals surface area contributed by atoms with Crippen molar-refractivity contribution in [1.29, 1.82) is 0 Å². The summed E-state index contributed by atoms with van der Waals surface area (Å²) in [6, 6.07) is 12.1. The molecule has 1 aromatic heterocycles. The minimum atomic E-state index is -0.300. The van der Waals surface area contributed by atoms with Crippen molar-refractivity contribution in [3.63, 3.8) is 0 Å². The largest absolute Gasteiger partial charge is 0.298 e. The Morgan fingerprint density at radius 2 is 1.77 bits per heavy atom. The molecule has 2 heterocycles. The van der Waals surface area contributed by atoms with Crippen molar-refractivity contribution < 1.29 is 14.4 Å². The predicted octanol–water partition coefficient (Wildman–Crippen LogP) is 3.96. The monoisotopic (exact) mass is 429 g/mol. The Bertz CT molecular complexity index is 1030. The topological polar surface area (TPSA) is 79.4 Å². The molecular weight excluding hydrogens is 418 g/mol. The number of halogens is 1. The molecule has 6 nitrogen and oxygen atoms in total. The number of hydrogen-bond donors (Lipinski definition) is 1. The van der Waals surface area contributed by atoms with Crippen molar-refractivity contribution in [1.82, 2.24) is 4.98 Å². The van der Waals surface area contributed by atoms with Gasteiger partial charge in [0.05, 0.1) is 15.9 Å². The van der Waals surface area contributed by atoms with Gasteiger partial charge in [-0.1, -0.05) is 17.4 Å². The average Bonchev–Trinajstić information content (AvgIpc) is 3.19. The van der Waals surface area contributed by atoms with Gasteiger partial charge in [-0.2, -0.15) is 0 Å². The molecule has 0 aliphatic carbocycles. The summed E-state index contributed by atoms with van der Waals surface area (Å²) in [5, 5.41) is 3.29. The maximum absolute atomic E-state index is 12.4. The zero-order valence-corrected chi connectivity index (χ0v) is 15.8. The zero-order valence-electron chi connectivity index (χ0n) is 13.4. The minimum absolute atomic E-state index is 0.216. The highest BCUT2D eigenvalue weighted by atomic mass is 79.9. The van der Waals surface area contributed by atoms with Crippen LogP contribution in [-0.4, -0.2) is 22.7 Å². The van der Waals surface area contributed by atoms with Crippen LogP contribution in [0.25, 0.3) is 10.2 Å². The summed E-state index contributed by atoms with van der Waals surface area (Å²) in [5.74, 6) is -0.731. The van der Waals surface area contributed by atoms with E-state index in [2.05, 4.69) is 26.2 Å². The van der Waals surface area contributed by atoms with Gasteiger partial charge in [0, 0.05) is 22.9 Å². The lowest BCUT2D eigenvalue weighted by Gasteiger charge is -2.13. The summed E-state index contributed by atoms with van der Waals surface area (Å²) >= 11 is 4.83. The van der Waals surface area contributed by atoms with Crippen LogP contribution in [0.4, 0.5) is 10.8 Å². The van der Waals surface area contributed by atoms with Crippen LogP contribution in [-0.2, 0) is 9.59 Å². The zero-order chi connectivity index (χ0) is 18.3. The molecule has 3 aromatic rings. The van der Waals surface area contributed by atoms with E-state index in [1.54, 1.807) is 24.3 Å². The van der Waals surface area contributed by atoms with E-state index in [9.17, 15) is 14.4 Å². The smallest absolute Gasteiger partial charge is 0.257 e.